The fourth-order valence-corrected chi connectivity index (χ4v) is 5.01. The summed E-state index contributed by atoms with van der Waals surface area (Å²) in [6.45, 7) is 0.312. The molecule has 2 heterocycles. The first-order chi connectivity index (χ1) is 19.9. The molecule has 1 aliphatic rings. The van der Waals surface area contributed by atoms with E-state index in [1.54, 1.807) is 24.3 Å². The molecule has 0 bridgehead atoms. The molecular formula is C31H30N2O8. The predicted molar refractivity (Wildman–Crippen MR) is 150 cm³/mol. The van der Waals surface area contributed by atoms with E-state index in [1.807, 2.05) is 48.5 Å². The molecule has 1 N–H and O–H groups in total. The van der Waals surface area contributed by atoms with E-state index in [4.69, 9.17) is 23.7 Å². The summed E-state index contributed by atoms with van der Waals surface area (Å²) in [6.07, 6.45) is -2.01. The maximum absolute atomic E-state index is 13.2. The zero-order valence-corrected chi connectivity index (χ0v) is 22.9. The molecular weight excluding hydrogens is 528 g/mol. The first kappa shape index (κ1) is 27.7. The molecule has 1 aromatic heterocycles. The van der Waals surface area contributed by atoms with Crippen LogP contribution in [0.2, 0.25) is 0 Å². The number of H-pyrrole nitrogens is 1. The average molecular weight is 559 g/mol. The van der Waals surface area contributed by atoms with Gasteiger partial charge < -0.3 is 28.7 Å². The van der Waals surface area contributed by atoms with Crippen molar-refractivity contribution >= 4 is 34.6 Å². The Labute approximate surface area is 236 Å². The van der Waals surface area contributed by atoms with Gasteiger partial charge in [-0.1, -0.05) is 60.7 Å². The topological polar surface area (TPSA) is 116 Å². The zero-order valence-electron chi connectivity index (χ0n) is 22.9. The van der Waals surface area contributed by atoms with E-state index in [2.05, 4.69) is 4.98 Å². The molecule has 0 saturated heterocycles. The third-order valence-corrected chi connectivity index (χ3v) is 6.95. The van der Waals surface area contributed by atoms with Crippen molar-refractivity contribution in [3.05, 3.63) is 95.2 Å². The SMILES string of the molecule is COC(=O)c1cc2c3c(cc(OCc4ccccc4)c2[nH]1)N(C(=O)OC)C[C@H](OC(=O)[C@H](OC)c1ccccc1)C3. The number of fused-ring (bicyclic) bond motifs is 3. The number of ether oxygens (including phenoxy) is 5. The van der Waals surface area contributed by atoms with Crippen molar-refractivity contribution in [1.82, 2.24) is 4.98 Å². The van der Waals surface area contributed by atoms with Crippen molar-refractivity contribution in [1.29, 1.82) is 0 Å². The number of methoxy groups -OCH3 is 3. The van der Waals surface area contributed by atoms with Gasteiger partial charge >= 0.3 is 18.0 Å². The Morgan fingerprint density at radius 3 is 2.32 bits per heavy atom. The second-order valence-corrected chi connectivity index (χ2v) is 9.48. The fourth-order valence-electron chi connectivity index (χ4n) is 5.01. The van der Waals surface area contributed by atoms with Crippen LogP contribution in [0.5, 0.6) is 5.75 Å². The molecule has 0 unspecified atom stereocenters. The minimum Gasteiger partial charge on any atom is -0.487 e. The number of aromatic nitrogens is 1. The molecule has 41 heavy (non-hydrogen) atoms. The van der Waals surface area contributed by atoms with Crippen LogP contribution in [0.3, 0.4) is 0 Å². The van der Waals surface area contributed by atoms with Crippen molar-refractivity contribution < 1.29 is 38.1 Å². The molecule has 0 radical (unpaired) electrons. The van der Waals surface area contributed by atoms with E-state index >= 15 is 0 Å². The normalized spacial score (nSPS) is 15.1. The number of anilines is 1. The van der Waals surface area contributed by atoms with Gasteiger partial charge in [0.1, 0.15) is 24.2 Å². The highest BCUT2D eigenvalue weighted by molar-refractivity contribution is 6.03. The standard InChI is InChI=1S/C31H30N2O8/c1-37-28(20-12-8-5-9-13-20)30(35)41-21-14-22-23-15-24(29(34)38-2)32-27(23)26(40-18-19-10-6-4-7-11-19)16-25(22)33(17-21)31(36)39-3/h4-13,15-16,21,28,32H,14,17-18H2,1-3H3/t21-,28-/m1/s1. The number of carbonyl (C=O) groups excluding carboxylic acids is 3. The monoisotopic (exact) mass is 558 g/mol. The highest BCUT2D eigenvalue weighted by Crippen LogP contribution is 2.41. The van der Waals surface area contributed by atoms with Crippen LogP contribution in [0.1, 0.15) is 33.3 Å². The Morgan fingerprint density at radius 2 is 1.66 bits per heavy atom. The summed E-state index contributed by atoms with van der Waals surface area (Å²) < 4.78 is 27.5. The summed E-state index contributed by atoms with van der Waals surface area (Å²) in [5, 5.41) is 0.631. The minimum atomic E-state index is -0.934. The second-order valence-electron chi connectivity index (χ2n) is 9.48. The number of esters is 2. The molecule has 1 aliphatic heterocycles. The predicted octanol–water partition coefficient (Wildman–Crippen LogP) is 4.96. The van der Waals surface area contributed by atoms with Gasteiger partial charge in [0.2, 0.25) is 0 Å². The van der Waals surface area contributed by atoms with E-state index in [9.17, 15) is 14.4 Å². The van der Waals surface area contributed by atoms with Crippen molar-refractivity contribution in [2.45, 2.75) is 25.2 Å². The molecule has 10 heteroatoms. The first-order valence-electron chi connectivity index (χ1n) is 13.0. The van der Waals surface area contributed by atoms with Gasteiger partial charge in [0.05, 0.1) is 32.0 Å². The van der Waals surface area contributed by atoms with Crippen LogP contribution in [0.15, 0.2) is 72.8 Å². The molecule has 0 fully saturated rings. The fraction of sp³-hybridized carbons (Fsp3) is 0.258. The molecule has 212 valence electrons. The van der Waals surface area contributed by atoms with Crippen LogP contribution < -0.4 is 9.64 Å². The van der Waals surface area contributed by atoms with E-state index < -0.39 is 30.2 Å². The van der Waals surface area contributed by atoms with Gasteiger partial charge in [-0.25, -0.2) is 14.4 Å². The summed E-state index contributed by atoms with van der Waals surface area (Å²) in [6, 6.07) is 22.0. The zero-order chi connectivity index (χ0) is 28.9. The lowest BCUT2D eigenvalue weighted by molar-refractivity contribution is -0.161. The highest BCUT2D eigenvalue weighted by atomic mass is 16.6. The molecule has 3 aromatic carbocycles. The lowest BCUT2D eigenvalue weighted by Gasteiger charge is -2.34. The number of rotatable bonds is 8. The number of nitrogens with one attached hydrogen (secondary N) is 1. The number of carbonyl (C=O) groups is 3. The maximum atomic E-state index is 13.2. The van der Waals surface area contributed by atoms with Gasteiger partial charge in [-0.2, -0.15) is 0 Å². The van der Waals surface area contributed by atoms with Gasteiger partial charge in [0.15, 0.2) is 6.10 Å². The highest BCUT2D eigenvalue weighted by Gasteiger charge is 2.36. The summed E-state index contributed by atoms with van der Waals surface area (Å²) in [5.41, 5.74) is 3.57. The summed E-state index contributed by atoms with van der Waals surface area (Å²) in [7, 11) is 4.01. The number of hydrogen-bond acceptors (Lipinski definition) is 8. The van der Waals surface area contributed by atoms with Gasteiger partial charge in [0.25, 0.3) is 0 Å². The number of hydrogen-bond donors (Lipinski definition) is 1. The third-order valence-electron chi connectivity index (χ3n) is 6.95. The minimum absolute atomic E-state index is 0.0501. The molecule has 0 saturated carbocycles. The summed E-state index contributed by atoms with van der Waals surface area (Å²) in [4.78, 5) is 43.1. The lowest BCUT2D eigenvalue weighted by atomic mass is 9.95. The Hall–Kier alpha value is -4.83. The Morgan fingerprint density at radius 1 is 0.951 bits per heavy atom. The van der Waals surface area contributed by atoms with Crippen LogP contribution in [0.25, 0.3) is 10.9 Å². The molecule has 0 aliphatic carbocycles. The quantitative estimate of drug-likeness (QED) is 0.238. The number of nitrogens with zero attached hydrogens (tertiary/aromatic N) is 1. The molecule has 0 spiro atoms. The van der Waals surface area contributed by atoms with Crippen LogP contribution in [-0.4, -0.2) is 57.0 Å². The van der Waals surface area contributed by atoms with Crippen LogP contribution >= 0.6 is 0 Å². The van der Waals surface area contributed by atoms with Crippen molar-refractivity contribution in [3.63, 3.8) is 0 Å². The maximum Gasteiger partial charge on any atom is 0.414 e. The Bertz CT molecular complexity index is 1550. The van der Waals surface area contributed by atoms with E-state index in [0.717, 1.165) is 5.56 Å². The van der Waals surface area contributed by atoms with Crippen molar-refractivity contribution in [3.8, 4) is 5.75 Å². The van der Waals surface area contributed by atoms with Crippen LogP contribution in [0, 0.1) is 0 Å². The van der Waals surface area contributed by atoms with Crippen molar-refractivity contribution in [2.75, 3.05) is 32.8 Å². The number of aromatic amines is 1. The molecule has 4 aromatic rings. The van der Waals surface area contributed by atoms with E-state index in [0.29, 0.717) is 33.5 Å². The van der Waals surface area contributed by atoms with Gasteiger partial charge in [-0.15, -0.1) is 0 Å². The molecule has 5 rings (SSSR count). The molecule has 1 amide bonds. The lowest BCUT2D eigenvalue weighted by Crippen LogP contribution is -2.44. The summed E-state index contributed by atoms with van der Waals surface area (Å²) >= 11 is 0. The van der Waals surface area contributed by atoms with Gasteiger partial charge in [0, 0.05) is 25.0 Å². The van der Waals surface area contributed by atoms with Gasteiger partial charge in [-0.05, 0) is 22.8 Å². The van der Waals surface area contributed by atoms with Crippen LogP contribution in [-0.2, 0) is 36.8 Å². The Kier molecular flexibility index (Phi) is 8.21. The average Bonchev–Trinajstić information content (AvgIpc) is 3.46. The van der Waals surface area contributed by atoms with E-state index in [-0.39, 0.29) is 25.3 Å². The second kappa shape index (κ2) is 12.1. The third kappa shape index (κ3) is 5.73. The van der Waals surface area contributed by atoms with Gasteiger partial charge in [-0.3, -0.25) is 4.90 Å². The smallest absolute Gasteiger partial charge is 0.414 e. The molecule has 2 atom stereocenters. The number of amides is 1. The summed E-state index contributed by atoms with van der Waals surface area (Å²) in [5.74, 6) is -0.704. The Balaban J connectivity index is 1.53. The number of benzene rings is 3. The largest absolute Gasteiger partial charge is 0.487 e. The van der Waals surface area contributed by atoms with Crippen LogP contribution in [0.4, 0.5) is 10.5 Å². The van der Waals surface area contributed by atoms with E-state index in [1.165, 1.54) is 26.2 Å². The molecule has 10 nitrogen and oxygen atoms in total. The van der Waals surface area contributed by atoms with Crippen molar-refractivity contribution in [2.24, 2.45) is 0 Å². The first-order valence-corrected chi connectivity index (χ1v) is 13.0.